The van der Waals surface area contributed by atoms with Gasteiger partial charge in [-0.2, -0.15) is 0 Å². The van der Waals surface area contributed by atoms with Gasteiger partial charge < -0.3 is 0 Å². The standard InChI is InChI=1S/C15H10FN3S2/c16-11-3-1-2-10(6-11)8-21-15-13-7-14-12(4-5-20-14)19(13)9-17-18-15/h1-7,9H,8H2. The quantitative estimate of drug-likeness (QED) is 0.526. The summed E-state index contributed by atoms with van der Waals surface area (Å²) in [5, 5.41) is 11.2. The Kier molecular flexibility index (Phi) is 3.12. The van der Waals surface area contributed by atoms with Crippen LogP contribution in [0.2, 0.25) is 0 Å². The van der Waals surface area contributed by atoms with Crippen molar-refractivity contribution in [1.82, 2.24) is 14.6 Å². The first-order valence-electron chi connectivity index (χ1n) is 6.38. The molecule has 104 valence electrons. The lowest BCUT2D eigenvalue weighted by Crippen LogP contribution is -1.93. The second-order valence-corrected chi connectivity index (χ2v) is 6.54. The topological polar surface area (TPSA) is 30.2 Å². The molecular weight excluding hydrogens is 305 g/mol. The Labute approximate surface area is 128 Å². The number of aromatic nitrogens is 3. The minimum Gasteiger partial charge on any atom is -0.295 e. The molecule has 0 saturated carbocycles. The number of rotatable bonds is 3. The predicted octanol–water partition coefficient (Wildman–Crippen LogP) is 4.38. The number of thiophene rings is 1. The predicted molar refractivity (Wildman–Crippen MR) is 84.3 cm³/mol. The van der Waals surface area contributed by atoms with Gasteiger partial charge in [-0.25, -0.2) is 4.39 Å². The average Bonchev–Trinajstić information content (AvgIpc) is 3.06. The van der Waals surface area contributed by atoms with E-state index in [0.717, 1.165) is 21.6 Å². The van der Waals surface area contributed by atoms with Crippen molar-refractivity contribution in [3.63, 3.8) is 0 Å². The highest BCUT2D eigenvalue weighted by atomic mass is 32.2. The molecule has 4 aromatic rings. The fourth-order valence-corrected chi connectivity index (χ4v) is 4.00. The van der Waals surface area contributed by atoms with Gasteiger partial charge in [0.05, 0.1) is 15.7 Å². The molecule has 4 rings (SSSR count). The van der Waals surface area contributed by atoms with Crippen molar-refractivity contribution < 1.29 is 4.39 Å². The first kappa shape index (κ1) is 12.8. The minimum atomic E-state index is -0.208. The van der Waals surface area contributed by atoms with Gasteiger partial charge in [-0.1, -0.05) is 23.9 Å². The molecule has 6 heteroatoms. The van der Waals surface area contributed by atoms with E-state index in [4.69, 9.17) is 0 Å². The maximum atomic E-state index is 13.2. The third-order valence-corrected chi connectivity index (χ3v) is 5.15. The molecule has 0 bridgehead atoms. The smallest absolute Gasteiger partial charge is 0.143 e. The molecule has 0 fully saturated rings. The van der Waals surface area contributed by atoms with Gasteiger partial charge in [0.1, 0.15) is 17.2 Å². The van der Waals surface area contributed by atoms with Gasteiger partial charge in [0.15, 0.2) is 0 Å². The molecule has 3 nitrogen and oxygen atoms in total. The number of benzene rings is 1. The van der Waals surface area contributed by atoms with E-state index in [9.17, 15) is 4.39 Å². The fourth-order valence-electron chi connectivity index (χ4n) is 2.30. The van der Waals surface area contributed by atoms with Crippen LogP contribution in [0.3, 0.4) is 0 Å². The maximum Gasteiger partial charge on any atom is 0.143 e. The fraction of sp³-hybridized carbons (Fsp3) is 0.0667. The molecule has 0 aliphatic heterocycles. The van der Waals surface area contributed by atoms with Crippen LogP contribution in [0.25, 0.3) is 15.7 Å². The van der Waals surface area contributed by atoms with Crippen molar-refractivity contribution in [1.29, 1.82) is 0 Å². The summed E-state index contributed by atoms with van der Waals surface area (Å²) < 4.78 is 16.5. The molecule has 0 amide bonds. The molecule has 3 aromatic heterocycles. The first-order chi connectivity index (χ1) is 10.3. The largest absolute Gasteiger partial charge is 0.295 e. The van der Waals surface area contributed by atoms with Crippen LogP contribution in [-0.4, -0.2) is 14.6 Å². The number of halogens is 1. The maximum absolute atomic E-state index is 13.2. The second-order valence-electron chi connectivity index (χ2n) is 4.62. The molecule has 0 N–H and O–H groups in total. The molecule has 0 atom stereocenters. The highest BCUT2D eigenvalue weighted by Crippen LogP contribution is 2.31. The third-order valence-electron chi connectivity index (χ3n) is 3.26. The SMILES string of the molecule is Fc1cccc(CSc2nncn3c2cc2sccc23)c1. The Bertz CT molecular complexity index is 929. The lowest BCUT2D eigenvalue weighted by atomic mass is 10.2. The summed E-state index contributed by atoms with van der Waals surface area (Å²) in [7, 11) is 0. The molecule has 21 heavy (non-hydrogen) atoms. The normalized spacial score (nSPS) is 11.5. The van der Waals surface area contributed by atoms with E-state index in [1.54, 1.807) is 41.6 Å². The van der Waals surface area contributed by atoms with Crippen LogP contribution in [0, 0.1) is 5.82 Å². The average molecular weight is 315 g/mol. The van der Waals surface area contributed by atoms with E-state index in [0.29, 0.717) is 5.75 Å². The number of hydrogen-bond acceptors (Lipinski definition) is 4. The van der Waals surface area contributed by atoms with E-state index in [-0.39, 0.29) is 5.82 Å². The van der Waals surface area contributed by atoms with Crippen LogP contribution in [-0.2, 0) is 5.75 Å². The Morgan fingerprint density at radius 3 is 3.05 bits per heavy atom. The lowest BCUT2D eigenvalue weighted by Gasteiger charge is -2.03. The van der Waals surface area contributed by atoms with Crippen LogP contribution in [0.5, 0.6) is 0 Å². The lowest BCUT2D eigenvalue weighted by molar-refractivity contribution is 0.626. The molecule has 0 spiro atoms. The van der Waals surface area contributed by atoms with Gasteiger partial charge in [0, 0.05) is 5.75 Å². The van der Waals surface area contributed by atoms with Gasteiger partial charge in [0.2, 0.25) is 0 Å². The second kappa shape index (κ2) is 5.13. The summed E-state index contributed by atoms with van der Waals surface area (Å²) >= 11 is 3.28. The Morgan fingerprint density at radius 2 is 2.14 bits per heavy atom. The van der Waals surface area contributed by atoms with Gasteiger partial charge in [-0.15, -0.1) is 21.5 Å². The number of thioether (sulfide) groups is 1. The van der Waals surface area contributed by atoms with Crippen LogP contribution in [0.15, 0.2) is 53.1 Å². The molecule has 0 unspecified atom stereocenters. The van der Waals surface area contributed by atoms with Crippen molar-refractivity contribution in [2.45, 2.75) is 10.8 Å². The number of hydrogen-bond donors (Lipinski definition) is 0. The molecule has 3 heterocycles. The van der Waals surface area contributed by atoms with Crippen LogP contribution in [0.1, 0.15) is 5.56 Å². The van der Waals surface area contributed by atoms with Crippen molar-refractivity contribution in [3.05, 3.63) is 59.5 Å². The van der Waals surface area contributed by atoms with E-state index in [1.165, 1.54) is 10.8 Å². The zero-order chi connectivity index (χ0) is 14.2. The van der Waals surface area contributed by atoms with Gasteiger partial charge in [-0.05, 0) is 35.2 Å². The Morgan fingerprint density at radius 1 is 1.19 bits per heavy atom. The van der Waals surface area contributed by atoms with Crippen molar-refractivity contribution in [2.24, 2.45) is 0 Å². The monoisotopic (exact) mass is 315 g/mol. The molecule has 0 saturated heterocycles. The third kappa shape index (κ3) is 2.30. The van der Waals surface area contributed by atoms with Crippen molar-refractivity contribution in [2.75, 3.05) is 0 Å². The van der Waals surface area contributed by atoms with E-state index in [2.05, 4.69) is 27.7 Å². The van der Waals surface area contributed by atoms with E-state index >= 15 is 0 Å². The molecule has 0 radical (unpaired) electrons. The first-order valence-corrected chi connectivity index (χ1v) is 8.25. The summed E-state index contributed by atoms with van der Waals surface area (Å²) in [6.45, 7) is 0. The molecule has 0 aliphatic rings. The molecular formula is C15H10FN3S2. The van der Waals surface area contributed by atoms with Gasteiger partial charge >= 0.3 is 0 Å². The van der Waals surface area contributed by atoms with Gasteiger partial charge in [0.25, 0.3) is 0 Å². The number of nitrogens with zero attached hydrogens (tertiary/aromatic N) is 3. The Hall–Kier alpha value is -1.92. The minimum absolute atomic E-state index is 0.208. The number of fused-ring (bicyclic) bond motifs is 3. The van der Waals surface area contributed by atoms with Crippen LogP contribution in [0.4, 0.5) is 4.39 Å². The summed E-state index contributed by atoms with van der Waals surface area (Å²) in [5.74, 6) is 0.464. The van der Waals surface area contributed by atoms with E-state index < -0.39 is 0 Å². The summed E-state index contributed by atoms with van der Waals surface area (Å²) in [5.41, 5.74) is 3.14. The highest BCUT2D eigenvalue weighted by Gasteiger charge is 2.10. The summed E-state index contributed by atoms with van der Waals surface area (Å²) in [6.07, 6.45) is 1.73. The van der Waals surface area contributed by atoms with E-state index in [1.807, 2.05) is 10.5 Å². The van der Waals surface area contributed by atoms with Crippen LogP contribution < -0.4 is 0 Å². The zero-order valence-electron chi connectivity index (χ0n) is 10.9. The highest BCUT2D eigenvalue weighted by molar-refractivity contribution is 7.98. The van der Waals surface area contributed by atoms with Crippen LogP contribution >= 0.6 is 23.1 Å². The summed E-state index contributed by atoms with van der Waals surface area (Å²) in [6, 6.07) is 10.9. The Balaban J connectivity index is 1.70. The summed E-state index contributed by atoms with van der Waals surface area (Å²) in [4.78, 5) is 0. The van der Waals surface area contributed by atoms with Crippen molar-refractivity contribution >= 4 is 38.8 Å². The van der Waals surface area contributed by atoms with Crippen molar-refractivity contribution in [3.8, 4) is 0 Å². The molecule has 0 aliphatic carbocycles. The molecule has 1 aromatic carbocycles. The van der Waals surface area contributed by atoms with Gasteiger partial charge in [-0.3, -0.25) is 4.40 Å². The zero-order valence-corrected chi connectivity index (χ0v) is 12.5.